The number of aromatic nitrogens is 3. The van der Waals surface area contributed by atoms with E-state index in [2.05, 4.69) is 58.5 Å². The lowest BCUT2D eigenvalue weighted by atomic mass is 10.2. The molecule has 194 valence electrons. The van der Waals surface area contributed by atoms with Crippen molar-refractivity contribution in [2.75, 3.05) is 55.0 Å². The van der Waals surface area contributed by atoms with Gasteiger partial charge in [-0.2, -0.15) is 4.98 Å². The molecule has 1 aliphatic rings. The number of likely N-dealkylation sites (N-methyl/N-ethyl adjacent to an activating group) is 1. The summed E-state index contributed by atoms with van der Waals surface area (Å²) in [5.41, 5.74) is 4.45. The van der Waals surface area contributed by atoms with Gasteiger partial charge in [-0.15, -0.1) is 0 Å². The minimum absolute atomic E-state index is 0.481. The zero-order valence-electron chi connectivity index (χ0n) is 21.7. The van der Waals surface area contributed by atoms with Gasteiger partial charge in [0.05, 0.1) is 18.5 Å². The molecule has 0 radical (unpaired) electrons. The van der Waals surface area contributed by atoms with E-state index in [0.29, 0.717) is 24.2 Å². The minimum Gasteiger partial charge on any atom is -0.370 e. The van der Waals surface area contributed by atoms with Gasteiger partial charge in [0.15, 0.2) is 0 Å². The van der Waals surface area contributed by atoms with Crippen LogP contribution in [0.15, 0.2) is 67.0 Å². The third-order valence-corrected chi connectivity index (χ3v) is 8.24. The van der Waals surface area contributed by atoms with Crippen LogP contribution < -0.4 is 14.5 Å². The van der Waals surface area contributed by atoms with Gasteiger partial charge in [0.25, 0.3) is 0 Å². The SMILES string of the molecule is CN(C)C1CCN(c2ccc(Nc3ncc4ccn(Cc5ccccc5N(C)S(C)(=O)=O)c4n3)cc2)C1. The molecule has 4 aromatic rings. The van der Waals surface area contributed by atoms with Crippen molar-refractivity contribution < 1.29 is 8.42 Å². The normalized spacial score (nSPS) is 16.0. The molecule has 5 rings (SSSR count). The zero-order valence-corrected chi connectivity index (χ0v) is 22.5. The van der Waals surface area contributed by atoms with Gasteiger partial charge in [0.1, 0.15) is 5.65 Å². The summed E-state index contributed by atoms with van der Waals surface area (Å²) in [5, 5.41) is 4.24. The first-order chi connectivity index (χ1) is 17.7. The van der Waals surface area contributed by atoms with E-state index >= 15 is 0 Å². The molecular formula is C27H33N7O2S. The van der Waals surface area contributed by atoms with Crippen LogP contribution in [0.1, 0.15) is 12.0 Å². The van der Waals surface area contributed by atoms with E-state index in [1.54, 1.807) is 13.2 Å². The molecular weight excluding hydrogens is 486 g/mol. The van der Waals surface area contributed by atoms with Gasteiger partial charge in [0.2, 0.25) is 16.0 Å². The van der Waals surface area contributed by atoms with Gasteiger partial charge in [-0.3, -0.25) is 4.31 Å². The highest BCUT2D eigenvalue weighted by Crippen LogP contribution is 2.26. The molecule has 0 saturated carbocycles. The Balaban J connectivity index is 1.34. The van der Waals surface area contributed by atoms with E-state index in [1.165, 1.54) is 22.7 Å². The molecule has 1 saturated heterocycles. The summed E-state index contributed by atoms with van der Waals surface area (Å²) in [5.74, 6) is 0.510. The topological polar surface area (TPSA) is 86.6 Å². The van der Waals surface area contributed by atoms with Gasteiger partial charge in [-0.25, -0.2) is 13.4 Å². The summed E-state index contributed by atoms with van der Waals surface area (Å²) in [6.45, 7) is 2.59. The molecule has 10 heteroatoms. The number of nitrogens with one attached hydrogen (secondary N) is 1. The fourth-order valence-electron chi connectivity index (χ4n) is 4.75. The maximum absolute atomic E-state index is 12.1. The number of fused-ring (bicyclic) bond motifs is 1. The summed E-state index contributed by atoms with van der Waals surface area (Å²) in [4.78, 5) is 14.0. The van der Waals surface area contributed by atoms with E-state index in [-0.39, 0.29) is 0 Å². The first-order valence-corrected chi connectivity index (χ1v) is 14.2. The molecule has 1 aliphatic heterocycles. The lowest BCUT2D eigenvalue weighted by Crippen LogP contribution is -2.31. The van der Waals surface area contributed by atoms with Crippen LogP contribution in [0.2, 0.25) is 0 Å². The second kappa shape index (κ2) is 10.0. The van der Waals surface area contributed by atoms with Gasteiger partial charge >= 0.3 is 0 Å². The molecule has 1 N–H and O–H groups in total. The smallest absolute Gasteiger partial charge is 0.232 e. The highest BCUT2D eigenvalue weighted by atomic mass is 32.2. The molecule has 2 aromatic carbocycles. The lowest BCUT2D eigenvalue weighted by Gasteiger charge is -2.22. The molecule has 1 atom stereocenters. The van der Waals surface area contributed by atoms with E-state index in [9.17, 15) is 8.42 Å². The Bertz CT molecular complexity index is 1500. The molecule has 2 aromatic heterocycles. The van der Waals surface area contributed by atoms with E-state index in [0.717, 1.165) is 35.4 Å². The largest absolute Gasteiger partial charge is 0.370 e. The predicted octanol–water partition coefficient (Wildman–Crippen LogP) is 3.76. The minimum atomic E-state index is -3.37. The van der Waals surface area contributed by atoms with Crippen LogP contribution in [-0.4, -0.2) is 74.4 Å². The Labute approximate surface area is 218 Å². The summed E-state index contributed by atoms with van der Waals surface area (Å²) >= 11 is 0. The third-order valence-electron chi connectivity index (χ3n) is 7.05. The molecule has 0 bridgehead atoms. The number of sulfonamides is 1. The van der Waals surface area contributed by atoms with Crippen LogP contribution in [0.25, 0.3) is 11.0 Å². The zero-order chi connectivity index (χ0) is 26.2. The highest BCUT2D eigenvalue weighted by Gasteiger charge is 2.24. The molecule has 0 spiro atoms. The average Bonchev–Trinajstić information content (AvgIpc) is 3.52. The van der Waals surface area contributed by atoms with Crippen LogP contribution in [0.5, 0.6) is 0 Å². The first kappa shape index (κ1) is 25.0. The Morgan fingerprint density at radius 3 is 2.51 bits per heavy atom. The number of hydrogen-bond acceptors (Lipinski definition) is 7. The van der Waals surface area contributed by atoms with Gasteiger partial charge < -0.3 is 19.7 Å². The predicted molar refractivity (Wildman–Crippen MR) is 150 cm³/mol. The fourth-order valence-corrected chi connectivity index (χ4v) is 5.29. The number of anilines is 4. The quantitative estimate of drug-likeness (QED) is 0.379. The van der Waals surface area contributed by atoms with E-state index < -0.39 is 10.0 Å². The van der Waals surface area contributed by atoms with Crippen molar-refractivity contribution in [3.63, 3.8) is 0 Å². The van der Waals surface area contributed by atoms with Crippen molar-refractivity contribution in [1.29, 1.82) is 0 Å². The maximum Gasteiger partial charge on any atom is 0.232 e. The molecule has 1 unspecified atom stereocenters. The van der Waals surface area contributed by atoms with Gasteiger partial charge in [-0.05, 0) is 62.5 Å². The summed E-state index contributed by atoms with van der Waals surface area (Å²) in [7, 11) is 2.48. The van der Waals surface area contributed by atoms with Crippen LogP contribution in [0.4, 0.5) is 23.0 Å². The van der Waals surface area contributed by atoms with E-state index in [4.69, 9.17) is 4.98 Å². The third kappa shape index (κ3) is 5.40. The summed E-state index contributed by atoms with van der Waals surface area (Å²) < 4.78 is 27.6. The summed E-state index contributed by atoms with van der Waals surface area (Å²) in [6, 6.07) is 18.4. The molecule has 37 heavy (non-hydrogen) atoms. The van der Waals surface area contributed by atoms with E-state index in [1.807, 2.05) is 41.1 Å². The number of para-hydroxylation sites is 1. The standard InChI is InChI=1S/C27H33N7O2S/c1-31(2)24-14-16-33(19-24)23-11-9-22(10-12-23)29-27-28-17-20-13-15-34(26(20)30-27)18-21-7-5-6-8-25(21)32(3)37(4,35)36/h5-13,15,17,24H,14,16,18-19H2,1-4H3,(H,28,29,30). The van der Waals surface area contributed by atoms with Gasteiger partial charge in [-0.1, -0.05) is 18.2 Å². The molecule has 3 heterocycles. The Hall–Kier alpha value is -3.63. The van der Waals surface area contributed by atoms with Gasteiger partial charge in [0, 0.05) is 55.3 Å². The van der Waals surface area contributed by atoms with Crippen molar-refractivity contribution in [1.82, 2.24) is 19.4 Å². The Kier molecular flexibility index (Phi) is 6.78. The Morgan fingerprint density at radius 2 is 1.81 bits per heavy atom. The summed E-state index contributed by atoms with van der Waals surface area (Å²) in [6.07, 6.45) is 6.13. The molecule has 0 amide bonds. The molecule has 1 fully saturated rings. The van der Waals surface area contributed by atoms with Crippen LogP contribution in [-0.2, 0) is 16.6 Å². The number of rotatable bonds is 8. The second-order valence-electron chi connectivity index (χ2n) is 9.80. The fraction of sp³-hybridized carbons (Fsp3) is 0.333. The van der Waals surface area contributed by atoms with Crippen LogP contribution >= 0.6 is 0 Å². The molecule has 0 aliphatic carbocycles. The second-order valence-corrected chi connectivity index (χ2v) is 11.8. The van der Waals surface area contributed by atoms with Crippen LogP contribution in [0.3, 0.4) is 0 Å². The Morgan fingerprint density at radius 1 is 1.05 bits per heavy atom. The lowest BCUT2D eigenvalue weighted by molar-refractivity contribution is 0.315. The average molecular weight is 520 g/mol. The van der Waals surface area contributed by atoms with Crippen LogP contribution in [0, 0.1) is 0 Å². The van der Waals surface area contributed by atoms with Crippen molar-refractivity contribution in [2.45, 2.75) is 19.0 Å². The monoisotopic (exact) mass is 519 g/mol. The highest BCUT2D eigenvalue weighted by molar-refractivity contribution is 7.92. The van der Waals surface area contributed by atoms with Crippen molar-refractivity contribution >= 4 is 44.1 Å². The van der Waals surface area contributed by atoms with Crippen molar-refractivity contribution in [3.05, 3.63) is 72.6 Å². The van der Waals surface area contributed by atoms with Crippen molar-refractivity contribution in [3.8, 4) is 0 Å². The van der Waals surface area contributed by atoms with Crippen molar-refractivity contribution in [2.24, 2.45) is 0 Å². The molecule has 9 nitrogen and oxygen atoms in total. The first-order valence-electron chi connectivity index (χ1n) is 12.3. The number of nitrogens with zero attached hydrogens (tertiary/aromatic N) is 6. The number of hydrogen-bond donors (Lipinski definition) is 1. The maximum atomic E-state index is 12.1. The number of benzene rings is 2.